The molecular weight excluding hydrogens is 346 g/mol. The van der Waals surface area contributed by atoms with Gasteiger partial charge >= 0.3 is 0 Å². The molecule has 146 valence electrons. The predicted molar refractivity (Wildman–Crippen MR) is 113 cm³/mol. The van der Waals surface area contributed by atoms with Crippen molar-refractivity contribution in [3.05, 3.63) is 65.4 Å². The summed E-state index contributed by atoms with van der Waals surface area (Å²) in [5.41, 5.74) is 5.19. The summed E-state index contributed by atoms with van der Waals surface area (Å²) in [6, 6.07) is 12.0. The highest BCUT2D eigenvalue weighted by molar-refractivity contribution is 5.95. The van der Waals surface area contributed by atoms with Crippen molar-refractivity contribution < 1.29 is 4.79 Å². The Morgan fingerprint density at radius 3 is 2.71 bits per heavy atom. The molecule has 2 aliphatic rings. The Morgan fingerprint density at radius 2 is 1.96 bits per heavy atom. The minimum atomic E-state index is -0.0148. The fourth-order valence-corrected chi connectivity index (χ4v) is 4.07. The van der Waals surface area contributed by atoms with Crippen LogP contribution >= 0.6 is 0 Å². The van der Waals surface area contributed by atoms with Crippen molar-refractivity contribution in [2.45, 2.75) is 45.1 Å². The van der Waals surface area contributed by atoms with Crippen LogP contribution in [0.4, 0.5) is 0 Å². The zero-order valence-corrected chi connectivity index (χ0v) is 16.5. The van der Waals surface area contributed by atoms with Crippen LogP contribution < -0.4 is 5.32 Å². The van der Waals surface area contributed by atoms with E-state index >= 15 is 0 Å². The summed E-state index contributed by atoms with van der Waals surface area (Å²) >= 11 is 0. The van der Waals surface area contributed by atoms with E-state index < -0.39 is 0 Å². The van der Waals surface area contributed by atoms with E-state index in [0.29, 0.717) is 12.1 Å². The lowest BCUT2D eigenvalue weighted by Gasteiger charge is -2.14. The van der Waals surface area contributed by atoms with Crippen molar-refractivity contribution in [1.29, 1.82) is 0 Å². The number of nitrogens with one attached hydrogen (secondary N) is 1. The standard InChI is InChI=1S/C24H29N3O/c28-24(26-16-19-7-2-1-3-8-19)22-10-6-9-21(15-22)23-12-11-20(17-25-23)18-27-13-4-5-14-27/h6-7,9-12,15,17H,1-5,8,13-14,16,18H2,(H,26,28). The number of benzene rings is 1. The quantitative estimate of drug-likeness (QED) is 0.752. The van der Waals surface area contributed by atoms with Crippen molar-refractivity contribution in [2.24, 2.45) is 0 Å². The van der Waals surface area contributed by atoms with Gasteiger partial charge in [0.25, 0.3) is 5.91 Å². The molecule has 1 aliphatic heterocycles. The first-order valence-electron chi connectivity index (χ1n) is 10.5. The summed E-state index contributed by atoms with van der Waals surface area (Å²) in [6.07, 6.45) is 11.6. The van der Waals surface area contributed by atoms with E-state index in [9.17, 15) is 4.79 Å². The third-order valence-electron chi connectivity index (χ3n) is 5.71. The number of carbonyl (C=O) groups excluding carboxylic acids is 1. The Hall–Kier alpha value is -2.46. The number of rotatable bonds is 6. The Balaban J connectivity index is 1.39. The highest BCUT2D eigenvalue weighted by Crippen LogP contribution is 2.20. The third kappa shape index (κ3) is 4.87. The van der Waals surface area contributed by atoms with Crippen molar-refractivity contribution >= 4 is 5.91 Å². The molecule has 28 heavy (non-hydrogen) atoms. The van der Waals surface area contributed by atoms with Crippen LogP contribution in [0, 0.1) is 0 Å². The molecule has 4 nitrogen and oxygen atoms in total. The lowest BCUT2D eigenvalue weighted by atomic mass is 9.99. The van der Waals surface area contributed by atoms with Gasteiger partial charge in [-0.15, -0.1) is 0 Å². The molecule has 1 amide bonds. The van der Waals surface area contributed by atoms with E-state index in [2.05, 4.69) is 33.4 Å². The number of nitrogens with zero attached hydrogens (tertiary/aromatic N) is 2. The first-order valence-corrected chi connectivity index (χ1v) is 10.5. The smallest absolute Gasteiger partial charge is 0.251 e. The van der Waals surface area contributed by atoms with Gasteiger partial charge in [0.15, 0.2) is 0 Å². The van der Waals surface area contributed by atoms with Gasteiger partial charge in [-0.2, -0.15) is 0 Å². The minimum absolute atomic E-state index is 0.0148. The average Bonchev–Trinajstić information content (AvgIpc) is 3.26. The lowest BCUT2D eigenvalue weighted by molar-refractivity contribution is 0.0956. The fourth-order valence-electron chi connectivity index (χ4n) is 4.07. The largest absolute Gasteiger partial charge is 0.348 e. The fraction of sp³-hybridized carbons (Fsp3) is 0.417. The van der Waals surface area contributed by atoms with Crippen molar-refractivity contribution in [2.75, 3.05) is 19.6 Å². The summed E-state index contributed by atoms with van der Waals surface area (Å²) in [4.78, 5) is 19.7. The SMILES string of the molecule is O=C(NCC1=CCCCC1)c1cccc(-c2ccc(CN3CCCC3)cn2)c1. The maximum atomic E-state index is 12.6. The topological polar surface area (TPSA) is 45.2 Å². The van der Waals surface area contributed by atoms with Gasteiger partial charge in [0.05, 0.1) is 5.69 Å². The molecule has 4 rings (SSSR count). The molecule has 0 atom stereocenters. The van der Waals surface area contributed by atoms with Crippen LogP contribution in [0.1, 0.15) is 54.4 Å². The molecule has 1 aromatic heterocycles. The van der Waals surface area contributed by atoms with Crippen molar-refractivity contribution in [3.63, 3.8) is 0 Å². The molecule has 0 spiro atoms. The molecule has 0 radical (unpaired) electrons. The number of amides is 1. The average molecular weight is 376 g/mol. The van der Waals surface area contributed by atoms with Gasteiger partial charge in [0.1, 0.15) is 0 Å². The van der Waals surface area contributed by atoms with Crippen LogP contribution in [0.2, 0.25) is 0 Å². The first kappa shape index (κ1) is 18.9. The molecule has 1 fully saturated rings. The Kier molecular flexibility index (Phi) is 6.17. The molecule has 0 unspecified atom stereocenters. The molecule has 0 bridgehead atoms. The van der Waals surface area contributed by atoms with Crippen LogP contribution in [0.15, 0.2) is 54.2 Å². The molecule has 2 aromatic rings. The van der Waals surface area contributed by atoms with E-state index in [4.69, 9.17) is 0 Å². The summed E-state index contributed by atoms with van der Waals surface area (Å²) in [5.74, 6) is -0.0148. The maximum Gasteiger partial charge on any atom is 0.251 e. The van der Waals surface area contributed by atoms with E-state index in [0.717, 1.165) is 30.6 Å². The Labute approximate surface area is 167 Å². The van der Waals surface area contributed by atoms with Crippen LogP contribution in [0.5, 0.6) is 0 Å². The number of likely N-dealkylation sites (tertiary alicyclic amines) is 1. The molecule has 1 saturated heterocycles. The molecule has 0 saturated carbocycles. The minimum Gasteiger partial charge on any atom is -0.348 e. The molecule has 1 aromatic carbocycles. The summed E-state index contributed by atoms with van der Waals surface area (Å²) < 4.78 is 0. The molecule has 4 heteroatoms. The maximum absolute atomic E-state index is 12.6. The summed E-state index contributed by atoms with van der Waals surface area (Å²) in [7, 11) is 0. The van der Waals surface area contributed by atoms with Gasteiger partial charge < -0.3 is 5.32 Å². The number of hydrogen-bond acceptors (Lipinski definition) is 3. The zero-order chi connectivity index (χ0) is 19.2. The Bertz CT molecular complexity index is 835. The van der Waals surface area contributed by atoms with Gasteiger partial charge in [0, 0.05) is 30.4 Å². The second-order valence-electron chi connectivity index (χ2n) is 7.91. The highest BCUT2D eigenvalue weighted by Gasteiger charge is 2.13. The van der Waals surface area contributed by atoms with Gasteiger partial charge in [-0.25, -0.2) is 0 Å². The predicted octanol–water partition coefficient (Wildman–Crippen LogP) is 4.57. The van der Waals surface area contributed by atoms with E-state index in [1.54, 1.807) is 0 Å². The second kappa shape index (κ2) is 9.16. The van der Waals surface area contributed by atoms with Crippen LogP contribution in [0.25, 0.3) is 11.3 Å². The second-order valence-corrected chi connectivity index (χ2v) is 7.91. The van der Waals surface area contributed by atoms with E-state index in [-0.39, 0.29) is 5.91 Å². The van der Waals surface area contributed by atoms with E-state index in [1.807, 2.05) is 30.5 Å². The summed E-state index contributed by atoms with van der Waals surface area (Å²) in [6.45, 7) is 4.02. The lowest BCUT2D eigenvalue weighted by Crippen LogP contribution is -2.26. The third-order valence-corrected chi connectivity index (χ3v) is 5.71. The molecule has 1 aliphatic carbocycles. The normalized spacial score (nSPS) is 17.4. The van der Waals surface area contributed by atoms with Crippen molar-refractivity contribution in [1.82, 2.24) is 15.2 Å². The number of aromatic nitrogens is 1. The Morgan fingerprint density at radius 1 is 1.07 bits per heavy atom. The zero-order valence-electron chi connectivity index (χ0n) is 16.5. The number of hydrogen-bond donors (Lipinski definition) is 1. The molecule has 1 N–H and O–H groups in total. The van der Waals surface area contributed by atoms with Gasteiger partial charge in [-0.05, 0) is 75.4 Å². The monoisotopic (exact) mass is 375 g/mol. The van der Waals surface area contributed by atoms with Crippen molar-refractivity contribution in [3.8, 4) is 11.3 Å². The molecular formula is C24H29N3O. The van der Waals surface area contributed by atoms with Gasteiger partial charge in [-0.3, -0.25) is 14.7 Å². The number of pyridine rings is 1. The number of allylic oxidation sites excluding steroid dienone is 1. The van der Waals surface area contributed by atoms with Crippen LogP contribution in [0.3, 0.4) is 0 Å². The van der Waals surface area contributed by atoms with Gasteiger partial charge in [-0.1, -0.05) is 29.8 Å². The number of carbonyl (C=O) groups is 1. The van der Waals surface area contributed by atoms with Crippen LogP contribution in [-0.4, -0.2) is 35.4 Å². The van der Waals surface area contributed by atoms with Gasteiger partial charge in [0.2, 0.25) is 0 Å². The summed E-state index contributed by atoms with van der Waals surface area (Å²) in [5, 5.41) is 3.06. The highest BCUT2D eigenvalue weighted by atomic mass is 16.1. The van der Waals surface area contributed by atoms with Crippen LogP contribution in [-0.2, 0) is 6.54 Å². The first-order chi connectivity index (χ1) is 13.8. The van der Waals surface area contributed by atoms with E-state index in [1.165, 1.54) is 49.9 Å². The molecule has 2 heterocycles.